The summed E-state index contributed by atoms with van der Waals surface area (Å²) in [6.45, 7) is 4.28. The maximum absolute atomic E-state index is 13.2. The Balaban J connectivity index is 1.57. The van der Waals surface area contributed by atoms with Crippen LogP contribution < -0.4 is 10.1 Å². The van der Waals surface area contributed by atoms with E-state index in [0.717, 1.165) is 11.3 Å². The molecule has 30 heavy (non-hydrogen) atoms. The molecule has 1 amide bonds. The molecule has 2 aromatic carbocycles. The lowest BCUT2D eigenvalue weighted by atomic mass is 9.89. The van der Waals surface area contributed by atoms with E-state index in [-0.39, 0.29) is 16.8 Å². The van der Waals surface area contributed by atoms with Gasteiger partial charge < -0.3 is 10.1 Å². The molecule has 2 aliphatic rings. The number of benzene rings is 2. The number of nitrogens with one attached hydrogen (secondary N) is 1. The molecular formula is C22H25ClN2O4S. The van der Waals surface area contributed by atoms with Gasteiger partial charge in [-0.1, -0.05) is 29.8 Å². The second-order valence-electron chi connectivity index (χ2n) is 8.39. The summed E-state index contributed by atoms with van der Waals surface area (Å²) in [4.78, 5) is 13.3. The first-order chi connectivity index (χ1) is 14.2. The Kier molecular flexibility index (Phi) is 5.55. The van der Waals surface area contributed by atoms with Gasteiger partial charge >= 0.3 is 0 Å². The molecule has 4 rings (SSSR count). The van der Waals surface area contributed by atoms with Gasteiger partial charge in [-0.2, -0.15) is 4.31 Å². The quantitative estimate of drug-likeness (QED) is 0.769. The number of hydrogen-bond donors (Lipinski definition) is 1. The fourth-order valence-corrected chi connectivity index (χ4v) is 6.01. The van der Waals surface area contributed by atoms with Crippen LogP contribution in [-0.4, -0.2) is 36.8 Å². The summed E-state index contributed by atoms with van der Waals surface area (Å²) in [6, 6.07) is 12.7. The molecule has 0 bridgehead atoms. The average Bonchev–Trinajstić information content (AvgIpc) is 3.18. The Bertz CT molecular complexity index is 1050. The Morgan fingerprint density at radius 3 is 2.60 bits per heavy atom. The molecule has 1 N–H and O–H groups in total. The van der Waals surface area contributed by atoms with Crippen LogP contribution in [0.15, 0.2) is 53.4 Å². The number of para-hydroxylation sites is 1. The molecule has 2 aliphatic heterocycles. The van der Waals surface area contributed by atoms with Crippen molar-refractivity contribution in [2.45, 2.75) is 55.7 Å². The molecule has 1 saturated heterocycles. The smallest absolute Gasteiger partial charge is 0.243 e. The predicted octanol–water partition coefficient (Wildman–Crippen LogP) is 3.91. The highest BCUT2D eigenvalue weighted by atomic mass is 35.5. The van der Waals surface area contributed by atoms with Crippen molar-refractivity contribution in [2.24, 2.45) is 0 Å². The van der Waals surface area contributed by atoms with Crippen LogP contribution >= 0.6 is 11.6 Å². The van der Waals surface area contributed by atoms with Crippen molar-refractivity contribution >= 4 is 27.5 Å². The number of rotatable bonds is 4. The summed E-state index contributed by atoms with van der Waals surface area (Å²) in [7, 11) is -3.78. The van der Waals surface area contributed by atoms with Gasteiger partial charge in [0.15, 0.2) is 0 Å². The summed E-state index contributed by atoms with van der Waals surface area (Å²) < 4.78 is 33.6. The van der Waals surface area contributed by atoms with Gasteiger partial charge in [-0.25, -0.2) is 8.42 Å². The molecule has 0 aromatic heterocycles. The van der Waals surface area contributed by atoms with Crippen LogP contribution in [0.5, 0.6) is 5.75 Å². The minimum Gasteiger partial charge on any atom is -0.487 e. The molecule has 160 valence electrons. The molecule has 8 heteroatoms. The molecule has 0 radical (unpaired) electrons. The van der Waals surface area contributed by atoms with Crippen LogP contribution in [0.1, 0.15) is 44.7 Å². The van der Waals surface area contributed by atoms with E-state index in [1.165, 1.54) is 16.4 Å². The van der Waals surface area contributed by atoms with Crippen LogP contribution in [-0.2, 0) is 14.8 Å². The minimum atomic E-state index is -3.78. The predicted molar refractivity (Wildman–Crippen MR) is 115 cm³/mol. The standard InChI is InChI=1S/C22H25ClN2O4S/c1-22(2)14-18(17-6-3-4-8-20(17)29-22)24-21(26)19-7-5-13-25(19)30(27,28)16-11-9-15(23)10-12-16/h3-4,6,8-12,18-19H,5,7,13-14H2,1-2H3,(H,24,26)/t18-,19+/m0/s1. The van der Waals surface area contributed by atoms with Crippen LogP contribution in [0.2, 0.25) is 5.02 Å². The normalized spacial score (nSPS) is 23.4. The van der Waals surface area contributed by atoms with Gasteiger partial charge in [-0.15, -0.1) is 0 Å². The average molecular weight is 449 g/mol. The molecular weight excluding hydrogens is 424 g/mol. The van der Waals surface area contributed by atoms with E-state index in [1.807, 2.05) is 38.1 Å². The van der Waals surface area contributed by atoms with Crippen molar-refractivity contribution in [1.29, 1.82) is 0 Å². The number of carbonyl (C=O) groups excluding carboxylic acids is 1. The van der Waals surface area contributed by atoms with E-state index in [2.05, 4.69) is 5.32 Å². The topological polar surface area (TPSA) is 75.7 Å². The lowest BCUT2D eigenvalue weighted by Gasteiger charge is -2.38. The third kappa shape index (κ3) is 4.06. The first-order valence-electron chi connectivity index (χ1n) is 10.0. The van der Waals surface area contributed by atoms with E-state index in [9.17, 15) is 13.2 Å². The van der Waals surface area contributed by atoms with Gasteiger partial charge in [0.25, 0.3) is 0 Å². The molecule has 2 aromatic rings. The van der Waals surface area contributed by atoms with Crippen molar-refractivity contribution in [1.82, 2.24) is 9.62 Å². The van der Waals surface area contributed by atoms with Crippen LogP contribution in [0.3, 0.4) is 0 Å². The van der Waals surface area contributed by atoms with Crippen molar-refractivity contribution in [2.75, 3.05) is 6.54 Å². The lowest BCUT2D eigenvalue weighted by Crippen LogP contribution is -2.49. The summed E-state index contributed by atoms with van der Waals surface area (Å²) >= 11 is 5.89. The van der Waals surface area contributed by atoms with Crippen molar-refractivity contribution in [3.05, 3.63) is 59.1 Å². The maximum Gasteiger partial charge on any atom is 0.243 e. The molecule has 0 aliphatic carbocycles. The van der Waals surface area contributed by atoms with Crippen molar-refractivity contribution in [3.63, 3.8) is 0 Å². The molecule has 0 saturated carbocycles. The van der Waals surface area contributed by atoms with E-state index >= 15 is 0 Å². The Morgan fingerprint density at radius 1 is 1.17 bits per heavy atom. The minimum absolute atomic E-state index is 0.143. The largest absolute Gasteiger partial charge is 0.487 e. The second-order valence-corrected chi connectivity index (χ2v) is 10.7. The van der Waals surface area contributed by atoms with Gasteiger partial charge in [0.2, 0.25) is 15.9 Å². The van der Waals surface area contributed by atoms with Crippen LogP contribution in [0.25, 0.3) is 0 Å². The molecule has 0 spiro atoms. The number of amides is 1. The summed E-state index contributed by atoms with van der Waals surface area (Å²) in [6.07, 6.45) is 1.74. The number of halogens is 1. The number of ether oxygens (including phenoxy) is 1. The molecule has 6 nitrogen and oxygen atoms in total. The number of carbonyl (C=O) groups is 1. The Hall–Kier alpha value is -2.09. The first-order valence-corrected chi connectivity index (χ1v) is 11.8. The van der Waals surface area contributed by atoms with Gasteiger partial charge in [-0.05, 0) is 57.0 Å². The number of fused-ring (bicyclic) bond motifs is 1. The summed E-state index contributed by atoms with van der Waals surface area (Å²) in [5, 5.41) is 3.55. The molecule has 1 fully saturated rings. The fraction of sp³-hybridized carbons (Fsp3) is 0.409. The highest BCUT2D eigenvalue weighted by Crippen LogP contribution is 2.39. The number of hydrogen-bond acceptors (Lipinski definition) is 4. The highest BCUT2D eigenvalue weighted by molar-refractivity contribution is 7.89. The lowest BCUT2D eigenvalue weighted by molar-refractivity contribution is -0.125. The highest BCUT2D eigenvalue weighted by Gasteiger charge is 2.41. The van der Waals surface area contributed by atoms with Crippen LogP contribution in [0.4, 0.5) is 0 Å². The van der Waals surface area contributed by atoms with Crippen LogP contribution in [0, 0.1) is 0 Å². The number of nitrogens with zero attached hydrogens (tertiary/aromatic N) is 1. The van der Waals surface area contributed by atoms with Gasteiger partial charge in [0, 0.05) is 23.6 Å². The summed E-state index contributed by atoms with van der Waals surface area (Å²) in [5.74, 6) is 0.471. The second kappa shape index (κ2) is 7.87. The fourth-order valence-electron chi connectivity index (χ4n) is 4.23. The van der Waals surface area contributed by atoms with E-state index in [1.54, 1.807) is 12.1 Å². The molecule has 0 unspecified atom stereocenters. The van der Waals surface area contributed by atoms with Gasteiger partial charge in [0.1, 0.15) is 17.4 Å². The zero-order valence-electron chi connectivity index (χ0n) is 17.0. The third-order valence-electron chi connectivity index (χ3n) is 5.62. The molecule has 2 atom stereocenters. The zero-order chi connectivity index (χ0) is 21.5. The zero-order valence-corrected chi connectivity index (χ0v) is 18.5. The maximum atomic E-state index is 13.2. The monoisotopic (exact) mass is 448 g/mol. The van der Waals surface area contributed by atoms with Gasteiger partial charge in [0.05, 0.1) is 10.9 Å². The van der Waals surface area contributed by atoms with E-state index in [0.29, 0.717) is 30.8 Å². The van der Waals surface area contributed by atoms with E-state index < -0.39 is 21.7 Å². The third-order valence-corrected chi connectivity index (χ3v) is 7.79. The Morgan fingerprint density at radius 2 is 1.87 bits per heavy atom. The number of sulfonamides is 1. The van der Waals surface area contributed by atoms with E-state index in [4.69, 9.17) is 16.3 Å². The molecule has 2 heterocycles. The SMILES string of the molecule is CC1(C)C[C@H](NC(=O)[C@H]2CCCN2S(=O)(=O)c2ccc(Cl)cc2)c2ccccc2O1. The summed E-state index contributed by atoms with van der Waals surface area (Å²) in [5.41, 5.74) is 0.479. The van der Waals surface area contributed by atoms with Crippen molar-refractivity contribution < 1.29 is 17.9 Å². The Labute approximate surface area is 182 Å². The first kappa shape index (κ1) is 21.2. The van der Waals surface area contributed by atoms with Gasteiger partial charge in [-0.3, -0.25) is 4.79 Å². The van der Waals surface area contributed by atoms with Crippen molar-refractivity contribution in [3.8, 4) is 5.75 Å².